The second-order valence-electron chi connectivity index (χ2n) is 6.31. The van der Waals surface area contributed by atoms with Crippen LogP contribution in [0.1, 0.15) is 0 Å². The van der Waals surface area contributed by atoms with Gasteiger partial charge in [0, 0.05) is 13.1 Å². The van der Waals surface area contributed by atoms with Crippen molar-refractivity contribution in [2.24, 2.45) is 11.8 Å². The van der Waals surface area contributed by atoms with Crippen molar-refractivity contribution in [3.8, 4) is 11.1 Å². The monoisotopic (exact) mass is 399 g/mol. The molecule has 1 aliphatic heterocycles. The molecule has 0 aliphatic carbocycles. The van der Waals surface area contributed by atoms with E-state index in [-0.39, 0.29) is 4.90 Å². The molecule has 2 atom stereocenters. The van der Waals surface area contributed by atoms with Gasteiger partial charge in [0.1, 0.15) is 0 Å². The van der Waals surface area contributed by atoms with Crippen LogP contribution in [0, 0.1) is 11.8 Å². The number of halogens is 3. The summed E-state index contributed by atoms with van der Waals surface area (Å²) in [6.07, 6.45) is -4.79. The lowest BCUT2D eigenvalue weighted by atomic mass is 9.96. The van der Waals surface area contributed by atoms with Crippen molar-refractivity contribution in [1.29, 1.82) is 0 Å². The van der Waals surface area contributed by atoms with Crippen LogP contribution in [0.15, 0.2) is 59.5 Å². The maximum Gasteiger partial charge on any atom is 0.393 e. The quantitative estimate of drug-likeness (QED) is 0.857. The molecule has 0 spiro atoms. The van der Waals surface area contributed by atoms with Gasteiger partial charge in [0.2, 0.25) is 10.0 Å². The van der Waals surface area contributed by atoms with Crippen LogP contribution in [-0.2, 0) is 14.8 Å². The van der Waals surface area contributed by atoms with E-state index in [1.54, 1.807) is 36.4 Å². The second kappa shape index (κ2) is 6.97. The molecule has 0 bridgehead atoms. The number of carboxylic acids is 1. The molecule has 0 saturated carbocycles. The van der Waals surface area contributed by atoms with Crippen molar-refractivity contribution < 1.29 is 31.5 Å². The number of aliphatic carboxylic acids is 1. The third kappa shape index (κ3) is 3.84. The summed E-state index contributed by atoms with van der Waals surface area (Å²) in [4.78, 5) is 11.0. The van der Waals surface area contributed by atoms with Crippen LogP contribution in [-0.4, -0.2) is 43.1 Å². The smallest absolute Gasteiger partial charge is 0.393 e. The van der Waals surface area contributed by atoms with Gasteiger partial charge in [0.15, 0.2) is 0 Å². The summed E-state index contributed by atoms with van der Waals surface area (Å²) < 4.78 is 65.7. The van der Waals surface area contributed by atoms with Crippen LogP contribution < -0.4 is 0 Å². The predicted molar refractivity (Wildman–Crippen MR) is 91.3 cm³/mol. The molecular weight excluding hydrogens is 383 g/mol. The van der Waals surface area contributed by atoms with Crippen LogP contribution in [0.25, 0.3) is 11.1 Å². The molecule has 1 aliphatic rings. The molecule has 1 saturated heterocycles. The van der Waals surface area contributed by atoms with Crippen molar-refractivity contribution in [2.45, 2.75) is 11.1 Å². The molecular formula is C18H16F3NO4S. The Kier molecular flexibility index (Phi) is 5.00. The number of hydrogen-bond acceptors (Lipinski definition) is 3. The number of sulfonamides is 1. The minimum atomic E-state index is -4.79. The van der Waals surface area contributed by atoms with Crippen LogP contribution in [0.4, 0.5) is 13.2 Å². The van der Waals surface area contributed by atoms with E-state index in [0.717, 1.165) is 5.56 Å². The molecule has 1 heterocycles. The molecule has 3 rings (SSSR count). The minimum absolute atomic E-state index is 0.171. The molecule has 5 nitrogen and oxygen atoms in total. The van der Waals surface area contributed by atoms with E-state index in [9.17, 15) is 26.4 Å². The van der Waals surface area contributed by atoms with Crippen LogP contribution in [0.3, 0.4) is 0 Å². The number of nitrogens with zero attached hydrogens (tertiary/aromatic N) is 1. The summed E-state index contributed by atoms with van der Waals surface area (Å²) in [6, 6.07) is 14.8. The molecule has 1 N–H and O–H groups in total. The van der Waals surface area contributed by atoms with Crippen LogP contribution in [0.2, 0.25) is 0 Å². The lowest BCUT2D eigenvalue weighted by Crippen LogP contribution is -2.34. The average Bonchev–Trinajstić information content (AvgIpc) is 3.10. The van der Waals surface area contributed by atoms with Gasteiger partial charge < -0.3 is 5.11 Å². The fourth-order valence-electron chi connectivity index (χ4n) is 3.16. The topological polar surface area (TPSA) is 74.7 Å². The summed E-state index contributed by atoms with van der Waals surface area (Å²) in [7, 11) is -4.26. The predicted octanol–water partition coefficient (Wildman–Crippen LogP) is 3.24. The maximum absolute atomic E-state index is 13.1. The van der Waals surface area contributed by atoms with Gasteiger partial charge in [0.25, 0.3) is 0 Å². The van der Waals surface area contributed by atoms with Gasteiger partial charge in [0.05, 0.1) is 16.7 Å². The van der Waals surface area contributed by atoms with Crippen LogP contribution >= 0.6 is 0 Å². The van der Waals surface area contributed by atoms with Crippen molar-refractivity contribution in [3.05, 3.63) is 54.6 Å². The Hall–Kier alpha value is -2.39. The Labute approximate surface area is 154 Å². The number of carbonyl (C=O) groups is 1. The highest BCUT2D eigenvalue weighted by Crippen LogP contribution is 2.39. The SMILES string of the molecule is O=C(O)[C@@H]1CN(S(=O)(=O)c2cccc(-c3ccccc3)c2)C[C@H]1C(F)(F)F. The van der Waals surface area contributed by atoms with Gasteiger partial charge in [-0.1, -0.05) is 42.5 Å². The zero-order chi connectivity index (χ0) is 19.8. The normalized spacial score (nSPS) is 21.3. The summed E-state index contributed by atoms with van der Waals surface area (Å²) in [5, 5.41) is 9.07. The maximum atomic E-state index is 13.1. The second-order valence-corrected chi connectivity index (χ2v) is 8.25. The lowest BCUT2D eigenvalue weighted by molar-refractivity contribution is -0.187. The van der Waals surface area contributed by atoms with Gasteiger partial charge in [-0.2, -0.15) is 17.5 Å². The minimum Gasteiger partial charge on any atom is -0.481 e. The number of carboxylic acid groups (broad SMARTS) is 1. The molecule has 144 valence electrons. The number of rotatable bonds is 4. The Morgan fingerprint density at radius 3 is 2.19 bits per heavy atom. The third-order valence-electron chi connectivity index (χ3n) is 4.60. The zero-order valence-corrected chi connectivity index (χ0v) is 14.7. The highest BCUT2D eigenvalue weighted by molar-refractivity contribution is 7.89. The highest BCUT2D eigenvalue weighted by Gasteiger charge is 2.54. The Morgan fingerprint density at radius 2 is 1.63 bits per heavy atom. The lowest BCUT2D eigenvalue weighted by Gasteiger charge is -2.18. The summed E-state index contributed by atoms with van der Waals surface area (Å²) >= 11 is 0. The molecule has 2 aromatic rings. The molecule has 27 heavy (non-hydrogen) atoms. The number of benzene rings is 2. The van der Waals surface area contributed by atoms with Gasteiger partial charge in [-0.05, 0) is 23.3 Å². The average molecular weight is 399 g/mol. The fourth-order valence-corrected chi connectivity index (χ4v) is 4.70. The van der Waals surface area contributed by atoms with E-state index in [4.69, 9.17) is 5.11 Å². The van der Waals surface area contributed by atoms with E-state index in [2.05, 4.69) is 0 Å². The third-order valence-corrected chi connectivity index (χ3v) is 6.43. The van der Waals surface area contributed by atoms with Crippen LogP contribution in [0.5, 0.6) is 0 Å². The van der Waals surface area contributed by atoms with Gasteiger partial charge >= 0.3 is 12.1 Å². The largest absolute Gasteiger partial charge is 0.481 e. The Bertz CT molecular complexity index is 945. The summed E-state index contributed by atoms with van der Waals surface area (Å²) in [6.45, 7) is -1.62. The molecule has 2 aromatic carbocycles. The Balaban J connectivity index is 1.95. The van der Waals surface area contributed by atoms with Crippen molar-refractivity contribution in [1.82, 2.24) is 4.31 Å². The summed E-state index contributed by atoms with van der Waals surface area (Å²) in [5.41, 5.74) is 1.35. The van der Waals surface area contributed by atoms with E-state index in [1.807, 2.05) is 0 Å². The first-order chi connectivity index (χ1) is 12.6. The molecule has 0 aromatic heterocycles. The number of alkyl halides is 3. The fraction of sp³-hybridized carbons (Fsp3) is 0.278. The standard InChI is InChI=1S/C18H16F3NO4S/c19-18(20,21)16-11-22(10-15(16)17(23)24)27(25,26)14-8-4-7-13(9-14)12-5-2-1-3-6-12/h1-9,15-16H,10-11H2,(H,23,24)/t15-,16-/m1/s1. The van der Waals surface area contributed by atoms with Gasteiger partial charge in [-0.15, -0.1) is 0 Å². The molecule has 1 fully saturated rings. The molecule has 0 amide bonds. The van der Waals surface area contributed by atoms with Crippen molar-refractivity contribution in [2.75, 3.05) is 13.1 Å². The van der Waals surface area contributed by atoms with E-state index in [0.29, 0.717) is 9.87 Å². The first kappa shape index (κ1) is 19.4. The Morgan fingerprint density at radius 1 is 1.00 bits per heavy atom. The van der Waals surface area contributed by atoms with E-state index < -0.39 is 47.1 Å². The first-order valence-electron chi connectivity index (χ1n) is 8.06. The van der Waals surface area contributed by atoms with E-state index in [1.165, 1.54) is 18.2 Å². The first-order valence-corrected chi connectivity index (χ1v) is 9.50. The van der Waals surface area contributed by atoms with Gasteiger partial charge in [-0.3, -0.25) is 4.79 Å². The zero-order valence-electron chi connectivity index (χ0n) is 13.9. The van der Waals surface area contributed by atoms with Crippen molar-refractivity contribution >= 4 is 16.0 Å². The van der Waals surface area contributed by atoms with Gasteiger partial charge in [-0.25, -0.2) is 8.42 Å². The number of hydrogen-bond donors (Lipinski definition) is 1. The highest BCUT2D eigenvalue weighted by atomic mass is 32.2. The molecule has 0 unspecified atom stereocenters. The summed E-state index contributed by atoms with van der Waals surface area (Å²) in [5.74, 6) is -5.72. The molecule has 0 radical (unpaired) electrons. The molecule has 9 heteroatoms. The van der Waals surface area contributed by atoms with Crippen molar-refractivity contribution in [3.63, 3.8) is 0 Å². The van der Waals surface area contributed by atoms with E-state index >= 15 is 0 Å².